The third kappa shape index (κ3) is 4.40. The molecule has 0 radical (unpaired) electrons. The van der Waals surface area contributed by atoms with Crippen molar-refractivity contribution in [2.24, 2.45) is 7.05 Å². The monoisotopic (exact) mass is 494 g/mol. The van der Waals surface area contributed by atoms with Crippen molar-refractivity contribution in [2.45, 2.75) is 18.4 Å². The quantitative estimate of drug-likeness (QED) is 0.393. The minimum atomic E-state index is -4.14. The summed E-state index contributed by atoms with van der Waals surface area (Å²) in [5, 5.41) is 0. The van der Waals surface area contributed by atoms with Gasteiger partial charge in [-0.3, -0.25) is 18.6 Å². The topological polar surface area (TPSA) is 97.8 Å². The number of furan rings is 1. The molecular weight excluding hydrogens is 468 g/mol. The van der Waals surface area contributed by atoms with Gasteiger partial charge in [-0.2, -0.15) is 0 Å². The third-order valence-corrected chi connectivity index (χ3v) is 7.65. The Morgan fingerprint density at radius 2 is 1.71 bits per heavy atom. The van der Waals surface area contributed by atoms with Gasteiger partial charge < -0.3 is 9.32 Å². The number of hydrogen-bond acceptors (Lipinski definition) is 5. The molecular formula is C25H26N4O5S. The van der Waals surface area contributed by atoms with Gasteiger partial charge in [0.05, 0.1) is 29.1 Å². The van der Waals surface area contributed by atoms with Crippen LogP contribution < -0.4 is 9.86 Å². The summed E-state index contributed by atoms with van der Waals surface area (Å²) < 4.78 is 36.3. The molecule has 1 amide bonds. The molecule has 2 aromatic carbocycles. The molecule has 4 rings (SSSR count). The zero-order chi connectivity index (χ0) is 25.3. The van der Waals surface area contributed by atoms with E-state index in [0.29, 0.717) is 17.1 Å². The fourth-order valence-electron chi connectivity index (χ4n) is 3.91. The Balaban J connectivity index is 1.68. The number of nitrogens with zero attached hydrogens (tertiary/aromatic N) is 4. The van der Waals surface area contributed by atoms with E-state index in [1.807, 2.05) is 6.07 Å². The normalized spacial score (nSPS) is 11.4. The summed E-state index contributed by atoms with van der Waals surface area (Å²) in [7, 11) is 0.507. The number of anilines is 1. The molecule has 0 saturated carbocycles. The number of sulfonamides is 1. The molecule has 10 heteroatoms. The molecule has 2 heterocycles. The molecule has 182 valence electrons. The van der Waals surface area contributed by atoms with Crippen LogP contribution in [-0.4, -0.2) is 42.7 Å². The first-order chi connectivity index (χ1) is 16.6. The fourth-order valence-corrected chi connectivity index (χ4v) is 5.21. The second-order valence-corrected chi connectivity index (χ2v) is 10.1. The van der Waals surface area contributed by atoms with Crippen molar-refractivity contribution in [1.82, 2.24) is 14.3 Å². The standard InChI is InChI=1S/C25H26N4O5S/c1-18-23(25(31)29(27(18)3)20-11-6-5-7-12-20)28(4)35(32,33)22-14-8-10-19(16-22)24(30)26(2)17-21-13-9-15-34-21/h5-16H,17H2,1-4H3. The number of carbonyl (C=O) groups excluding carboxylic acids is 1. The van der Waals surface area contributed by atoms with E-state index in [9.17, 15) is 18.0 Å². The lowest BCUT2D eigenvalue weighted by Crippen LogP contribution is -2.32. The number of hydrogen-bond donors (Lipinski definition) is 0. The Morgan fingerprint density at radius 1 is 1.00 bits per heavy atom. The largest absolute Gasteiger partial charge is 0.467 e. The van der Waals surface area contributed by atoms with E-state index in [1.165, 1.54) is 41.1 Å². The first kappa shape index (κ1) is 24.1. The minimum Gasteiger partial charge on any atom is -0.467 e. The third-order valence-electron chi connectivity index (χ3n) is 5.90. The first-order valence-corrected chi connectivity index (χ1v) is 12.3. The van der Waals surface area contributed by atoms with E-state index < -0.39 is 15.6 Å². The maximum atomic E-state index is 13.5. The zero-order valence-electron chi connectivity index (χ0n) is 19.9. The van der Waals surface area contributed by atoms with Gasteiger partial charge in [-0.15, -0.1) is 0 Å². The smallest absolute Gasteiger partial charge is 0.296 e. The average molecular weight is 495 g/mol. The van der Waals surface area contributed by atoms with E-state index in [2.05, 4.69) is 0 Å². The number of aromatic nitrogens is 2. The van der Waals surface area contributed by atoms with Crippen molar-refractivity contribution < 1.29 is 17.6 Å². The molecule has 0 aliphatic carbocycles. The van der Waals surface area contributed by atoms with E-state index in [4.69, 9.17) is 4.42 Å². The van der Waals surface area contributed by atoms with Crippen LogP contribution in [0.2, 0.25) is 0 Å². The Labute approximate surface area is 203 Å². The fraction of sp³-hybridized carbons (Fsp3) is 0.200. The number of benzene rings is 2. The summed E-state index contributed by atoms with van der Waals surface area (Å²) in [5.41, 5.74) is 0.874. The Bertz CT molecular complexity index is 1520. The number of rotatable bonds is 7. The summed E-state index contributed by atoms with van der Waals surface area (Å²) in [4.78, 5) is 27.6. The molecule has 0 unspecified atom stereocenters. The van der Waals surface area contributed by atoms with Gasteiger partial charge in [-0.25, -0.2) is 13.1 Å². The molecule has 4 aromatic rings. The van der Waals surface area contributed by atoms with Crippen molar-refractivity contribution in [1.29, 1.82) is 0 Å². The van der Waals surface area contributed by atoms with Gasteiger partial charge >= 0.3 is 0 Å². The highest BCUT2D eigenvalue weighted by Crippen LogP contribution is 2.25. The van der Waals surface area contributed by atoms with Crippen molar-refractivity contribution >= 4 is 21.6 Å². The van der Waals surface area contributed by atoms with Gasteiger partial charge in [0.1, 0.15) is 11.4 Å². The van der Waals surface area contributed by atoms with Crippen molar-refractivity contribution in [2.75, 3.05) is 18.4 Å². The van der Waals surface area contributed by atoms with E-state index >= 15 is 0 Å². The van der Waals surface area contributed by atoms with Gasteiger partial charge in [-0.05, 0) is 49.4 Å². The lowest BCUT2D eigenvalue weighted by Gasteiger charge is -2.19. The Kier molecular flexibility index (Phi) is 6.40. The summed E-state index contributed by atoms with van der Waals surface area (Å²) >= 11 is 0. The van der Waals surface area contributed by atoms with Crippen molar-refractivity contribution in [3.05, 3.63) is 100 Å². The van der Waals surface area contributed by atoms with Gasteiger partial charge in [0.25, 0.3) is 21.5 Å². The predicted octanol–water partition coefficient (Wildman–Crippen LogP) is 3.17. The Hall–Kier alpha value is -4.05. The number of carbonyl (C=O) groups is 1. The second kappa shape index (κ2) is 9.30. The number of amides is 1. The highest BCUT2D eigenvalue weighted by atomic mass is 32.2. The van der Waals surface area contributed by atoms with Gasteiger partial charge in [0, 0.05) is 26.7 Å². The SMILES string of the molecule is Cc1c(N(C)S(=O)(=O)c2cccc(C(=O)N(C)Cc3ccco3)c2)c(=O)n(-c2ccccc2)n1C. The van der Waals surface area contributed by atoms with E-state index in [0.717, 1.165) is 4.31 Å². The first-order valence-electron chi connectivity index (χ1n) is 10.8. The van der Waals surface area contributed by atoms with Crippen LogP contribution >= 0.6 is 0 Å². The molecule has 2 aromatic heterocycles. The molecule has 0 aliphatic rings. The van der Waals surface area contributed by atoms with Crippen molar-refractivity contribution in [3.63, 3.8) is 0 Å². The summed E-state index contributed by atoms with van der Waals surface area (Å²) in [6.07, 6.45) is 1.52. The Morgan fingerprint density at radius 3 is 2.37 bits per heavy atom. The molecule has 0 fully saturated rings. The van der Waals surface area contributed by atoms with Crippen molar-refractivity contribution in [3.8, 4) is 5.69 Å². The van der Waals surface area contributed by atoms with Crippen LogP contribution in [0.5, 0.6) is 0 Å². The maximum Gasteiger partial charge on any atom is 0.296 e. The van der Waals surface area contributed by atoms with Crippen LogP contribution in [0.15, 0.2) is 87.1 Å². The lowest BCUT2D eigenvalue weighted by molar-refractivity contribution is 0.0775. The van der Waals surface area contributed by atoms with Gasteiger partial charge in [-0.1, -0.05) is 24.3 Å². The summed E-state index contributed by atoms with van der Waals surface area (Å²) in [5.74, 6) is 0.252. The lowest BCUT2D eigenvalue weighted by atomic mass is 10.2. The predicted molar refractivity (Wildman–Crippen MR) is 132 cm³/mol. The molecule has 0 spiro atoms. The zero-order valence-corrected chi connectivity index (χ0v) is 20.7. The summed E-state index contributed by atoms with van der Waals surface area (Å²) in [6, 6.07) is 18.3. The maximum absolute atomic E-state index is 13.5. The van der Waals surface area contributed by atoms with Gasteiger partial charge in [0.15, 0.2) is 0 Å². The van der Waals surface area contributed by atoms with Crippen LogP contribution in [0.3, 0.4) is 0 Å². The van der Waals surface area contributed by atoms with Crippen LogP contribution in [0.25, 0.3) is 5.69 Å². The molecule has 35 heavy (non-hydrogen) atoms. The van der Waals surface area contributed by atoms with E-state index in [-0.39, 0.29) is 28.6 Å². The average Bonchev–Trinajstić information content (AvgIpc) is 3.44. The molecule has 0 aliphatic heterocycles. The molecule has 0 atom stereocenters. The molecule has 0 saturated heterocycles. The molecule has 0 bridgehead atoms. The van der Waals surface area contributed by atoms with Crippen LogP contribution in [-0.2, 0) is 23.6 Å². The highest BCUT2D eigenvalue weighted by molar-refractivity contribution is 7.92. The van der Waals surface area contributed by atoms with Gasteiger partial charge in [0.2, 0.25) is 0 Å². The van der Waals surface area contributed by atoms with Crippen LogP contribution in [0.4, 0.5) is 5.69 Å². The summed E-state index contributed by atoms with van der Waals surface area (Å²) in [6.45, 7) is 1.93. The molecule has 9 nitrogen and oxygen atoms in total. The molecule has 0 N–H and O–H groups in total. The van der Waals surface area contributed by atoms with Crippen LogP contribution in [0, 0.1) is 6.92 Å². The van der Waals surface area contributed by atoms with E-state index in [1.54, 1.807) is 68.2 Å². The highest BCUT2D eigenvalue weighted by Gasteiger charge is 2.29. The number of para-hydroxylation sites is 1. The second-order valence-electron chi connectivity index (χ2n) is 8.15. The minimum absolute atomic E-state index is 0.0306. The van der Waals surface area contributed by atoms with Crippen LogP contribution in [0.1, 0.15) is 21.8 Å².